The van der Waals surface area contributed by atoms with Gasteiger partial charge in [-0.05, 0) is 73.5 Å². The lowest BCUT2D eigenvalue weighted by molar-refractivity contribution is 0.0953. The highest BCUT2D eigenvalue weighted by Crippen LogP contribution is 2.25. The van der Waals surface area contributed by atoms with Crippen LogP contribution in [0.1, 0.15) is 32.9 Å². The summed E-state index contributed by atoms with van der Waals surface area (Å²) in [5, 5.41) is 2.94. The van der Waals surface area contributed by atoms with Crippen molar-refractivity contribution in [2.24, 2.45) is 0 Å². The van der Waals surface area contributed by atoms with E-state index in [0.29, 0.717) is 36.5 Å². The second kappa shape index (κ2) is 11.0. The predicted octanol–water partition coefficient (Wildman–Crippen LogP) is 5.85. The van der Waals surface area contributed by atoms with Crippen LogP contribution in [0.4, 0.5) is 5.69 Å². The molecule has 4 aromatic rings. The number of ether oxygens (including phenoxy) is 1. The number of carbonyl (C=O) groups is 2. The van der Waals surface area contributed by atoms with Gasteiger partial charge in [0.05, 0.1) is 6.26 Å². The number of anilines is 1. The normalized spacial score (nSPS) is 10.5. The van der Waals surface area contributed by atoms with Gasteiger partial charge in [-0.25, -0.2) is 0 Å². The van der Waals surface area contributed by atoms with Gasteiger partial charge in [-0.1, -0.05) is 36.4 Å². The maximum atomic E-state index is 13.1. The Morgan fingerprint density at radius 1 is 0.853 bits per heavy atom. The first-order valence-corrected chi connectivity index (χ1v) is 11.1. The van der Waals surface area contributed by atoms with Gasteiger partial charge in [0.15, 0.2) is 5.76 Å². The van der Waals surface area contributed by atoms with Gasteiger partial charge in [0, 0.05) is 24.3 Å². The average molecular weight is 455 g/mol. The number of hydrogen-bond acceptors (Lipinski definition) is 4. The Hall–Kier alpha value is -4.32. The third-order valence-corrected chi connectivity index (χ3v) is 5.34. The summed E-state index contributed by atoms with van der Waals surface area (Å²) in [6.45, 7) is 2.75. The molecule has 0 radical (unpaired) electrons. The number of furan rings is 1. The summed E-state index contributed by atoms with van der Waals surface area (Å²) in [4.78, 5) is 27.2. The molecule has 0 atom stereocenters. The van der Waals surface area contributed by atoms with E-state index in [1.807, 2.05) is 79.7 Å². The van der Waals surface area contributed by atoms with Crippen molar-refractivity contribution >= 4 is 17.5 Å². The van der Waals surface area contributed by atoms with Gasteiger partial charge in [0.25, 0.3) is 11.8 Å². The Morgan fingerprint density at radius 2 is 1.56 bits per heavy atom. The largest absolute Gasteiger partial charge is 0.459 e. The van der Waals surface area contributed by atoms with Crippen LogP contribution < -0.4 is 15.0 Å². The Kier molecular flexibility index (Phi) is 7.40. The van der Waals surface area contributed by atoms with Gasteiger partial charge >= 0.3 is 0 Å². The molecular formula is C28H26N2O4. The molecule has 3 aromatic carbocycles. The van der Waals surface area contributed by atoms with Crippen LogP contribution in [-0.2, 0) is 0 Å². The summed E-state index contributed by atoms with van der Waals surface area (Å²) in [6, 6.07) is 27.6. The van der Waals surface area contributed by atoms with Crippen molar-refractivity contribution in [3.8, 4) is 11.5 Å². The van der Waals surface area contributed by atoms with Gasteiger partial charge in [-0.2, -0.15) is 0 Å². The molecule has 0 saturated heterocycles. The van der Waals surface area contributed by atoms with Crippen molar-refractivity contribution in [3.05, 3.63) is 114 Å². The fourth-order valence-corrected chi connectivity index (χ4v) is 3.56. The van der Waals surface area contributed by atoms with Crippen LogP contribution in [0.25, 0.3) is 0 Å². The van der Waals surface area contributed by atoms with Crippen LogP contribution in [0.5, 0.6) is 11.5 Å². The summed E-state index contributed by atoms with van der Waals surface area (Å²) < 4.78 is 11.2. The number of para-hydroxylation sites is 1. The molecule has 0 saturated carbocycles. The Morgan fingerprint density at radius 3 is 2.26 bits per heavy atom. The lowest BCUT2D eigenvalue weighted by Gasteiger charge is -2.22. The summed E-state index contributed by atoms with van der Waals surface area (Å²) in [5.41, 5.74) is 2.29. The zero-order valence-corrected chi connectivity index (χ0v) is 18.9. The van der Waals surface area contributed by atoms with E-state index in [2.05, 4.69) is 5.32 Å². The average Bonchev–Trinajstić information content (AvgIpc) is 3.40. The first-order valence-electron chi connectivity index (χ1n) is 11.1. The lowest BCUT2D eigenvalue weighted by Crippen LogP contribution is -2.34. The molecule has 0 aliphatic rings. The number of amides is 2. The maximum absolute atomic E-state index is 13.1. The van der Waals surface area contributed by atoms with Crippen molar-refractivity contribution in [2.75, 3.05) is 18.0 Å². The number of aryl methyl sites for hydroxylation is 1. The smallest absolute Gasteiger partial charge is 0.293 e. The first-order chi connectivity index (χ1) is 16.6. The summed E-state index contributed by atoms with van der Waals surface area (Å²) in [5.74, 6) is 1.30. The van der Waals surface area contributed by atoms with Gasteiger partial charge in [0.2, 0.25) is 0 Å². The summed E-state index contributed by atoms with van der Waals surface area (Å²) >= 11 is 0. The minimum absolute atomic E-state index is 0.121. The quantitative estimate of drug-likeness (QED) is 0.322. The van der Waals surface area contributed by atoms with Crippen LogP contribution >= 0.6 is 0 Å². The molecule has 0 spiro atoms. The zero-order valence-electron chi connectivity index (χ0n) is 18.9. The number of carbonyl (C=O) groups excluding carboxylic acids is 2. The molecule has 1 heterocycles. The summed E-state index contributed by atoms with van der Waals surface area (Å²) in [6.07, 6.45) is 2.05. The molecule has 6 nitrogen and oxygen atoms in total. The number of hydrogen-bond donors (Lipinski definition) is 1. The third-order valence-electron chi connectivity index (χ3n) is 5.34. The molecule has 2 amide bonds. The standard InChI is InChI=1S/C28H26N2O4/c1-21-9-5-6-12-25(21)27(31)29-18-8-19-30(28(32)26-13-7-20-33-26)22-14-16-24(17-15-22)34-23-10-3-2-4-11-23/h2-7,9-17,20H,8,18-19H2,1H3,(H,29,31). The van der Waals surface area contributed by atoms with E-state index in [1.165, 1.54) is 6.26 Å². The van der Waals surface area contributed by atoms with Gasteiger partial charge in [-0.3, -0.25) is 9.59 Å². The second-order valence-electron chi connectivity index (χ2n) is 7.77. The van der Waals surface area contributed by atoms with Crippen molar-refractivity contribution in [1.29, 1.82) is 0 Å². The summed E-state index contributed by atoms with van der Waals surface area (Å²) in [7, 11) is 0. The van der Waals surface area contributed by atoms with E-state index >= 15 is 0 Å². The topological polar surface area (TPSA) is 71.8 Å². The number of nitrogens with zero attached hydrogens (tertiary/aromatic N) is 1. The monoisotopic (exact) mass is 454 g/mol. The minimum atomic E-state index is -0.244. The molecule has 0 aliphatic heterocycles. The van der Waals surface area contributed by atoms with E-state index in [4.69, 9.17) is 9.15 Å². The lowest BCUT2D eigenvalue weighted by atomic mass is 10.1. The van der Waals surface area contributed by atoms with E-state index in [-0.39, 0.29) is 17.6 Å². The third kappa shape index (κ3) is 5.72. The van der Waals surface area contributed by atoms with Crippen molar-refractivity contribution < 1.29 is 18.7 Å². The van der Waals surface area contributed by atoms with Crippen LogP contribution in [0.15, 0.2) is 102 Å². The van der Waals surface area contributed by atoms with Crippen LogP contribution in [-0.4, -0.2) is 24.9 Å². The van der Waals surface area contributed by atoms with Crippen LogP contribution in [0.2, 0.25) is 0 Å². The zero-order chi connectivity index (χ0) is 23.8. The first kappa shape index (κ1) is 22.9. The highest BCUT2D eigenvalue weighted by atomic mass is 16.5. The molecule has 0 fully saturated rings. The van der Waals surface area contributed by atoms with Gasteiger partial charge in [-0.15, -0.1) is 0 Å². The molecule has 0 unspecified atom stereocenters. The molecule has 1 N–H and O–H groups in total. The Bertz CT molecular complexity index is 1220. The van der Waals surface area contributed by atoms with Gasteiger partial charge in [0.1, 0.15) is 11.5 Å². The minimum Gasteiger partial charge on any atom is -0.459 e. The molecule has 172 valence electrons. The van der Waals surface area contributed by atoms with Crippen molar-refractivity contribution in [3.63, 3.8) is 0 Å². The number of rotatable bonds is 9. The highest BCUT2D eigenvalue weighted by molar-refractivity contribution is 6.04. The highest BCUT2D eigenvalue weighted by Gasteiger charge is 2.20. The van der Waals surface area contributed by atoms with E-state index in [0.717, 1.165) is 11.3 Å². The Balaban J connectivity index is 1.42. The van der Waals surface area contributed by atoms with Crippen LogP contribution in [0.3, 0.4) is 0 Å². The van der Waals surface area contributed by atoms with Gasteiger partial charge < -0.3 is 19.4 Å². The Labute approximate surface area is 198 Å². The molecular weight excluding hydrogens is 428 g/mol. The fourth-order valence-electron chi connectivity index (χ4n) is 3.56. The van der Waals surface area contributed by atoms with E-state index in [1.54, 1.807) is 23.1 Å². The number of benzene rings is 3. The predicted molar refractivity (Wildman–Crippen MR) is 131 cm³/mol. The van der Waals surface area contributed by atoms with Crippen LogP contribution in [0, 0.1) is 6.92 Å². The molecule has 1 aromatic heterocycles. The van der Waals surface area contributed by atoms with Crippen molar-refractivity contribution in [2.45, 2.75) is 13.3 Å². The molecule has 0 bridgehead atoms. The molecule has 6 heteroatoms. The van der Waals surface area contributed by atoms with E-state index < -0.39 is 0 Å². The maximum Gasteiger partial charge on any atom is 0.293 e. The molecule has 0 aliphatic carbocycles. The SMILES string of the molecule is Cc1ccccc1C(=O)NCCCN(C(=O)c1ccco1)c1ccc(Oc2ccccc2)cc1. The molecule has 34 heavy (non-hydrogen) atoms. The van der Waals surface area contributed by atoms with Crippen molar-refractivity contribution in [1.82, 2.24) is 5.32 Å². The van der Waals surface area contributed by atoms with E-state index in [9.17, 15) is 9.59 Å². The molecule has 4 rings (SSSR count). The number of nitrogens with one attached hydrogen (secondary N) is 1. The fraction of sp³-hybridized carbons (Fsp3) is 0.143. The second-order valence-corrected chi connectivity index (χ2v) is 7.77.